The summed E-state index contributed by atoms with van der Waals surface area (Å²) in [6.07, 6.45) is -14.6. The molecule has 5 nitrogen and oxygen atoms in total. The number of amides is 2. The predicted octanol–water partition coefficient (Wildman–Crippen LogP) is 7.94. The summed E-state index contributed by atoms with van der Waals surface area (Å²) in [5.41, 5.74) is 0.337. The highest BCUT2D eigenvalue weighted by Gasteiger charge is 2.57. The van der Waals surface area contributed by atoms with Gasteiger partial charge in [-0.25, -0.2) is 8.78 Å². The lowest BCUT2D eigenvalue weighted by atomic mass is 9.66. The third kappa shape index (κ3) is 5.33. The van der Waals surface area contributed by atoms with E-state index in [2.05, 4.69) is 11.3 Å². The second-order valence-electron chi connectivity index (χ2n) is 10.1. The van der Waals surface area contributed by atoms with Crippen molar-refractivity contribution in [1.82, 2.24) is 0 Å². The third-order valence-corrected chi connectivity index (χ3v) is 7.33. The first-order valence-corrected chi connectivity index (χ1v) is 13.0. The van der Waals surface area contributed by atoms with Gasteiger partial charge in [0.1, 0.15) is 22.9 Å². The Labute approximate surface area is 254 Å². The average Bonchev–Trinajstić information content (AvgIpc) is 2.97. The van der Waals surface area contributed by atoms with Crippen LogP contribution in [-0.4, -0.2) is 24.3 Å². The van der Waals surface area contributed by atoms with Crippen molar-refractivity contribution in [2.24, 2.45) is 5.73 Å². The molecule has 0 saturated heterocycles. The number of carbonyl (C=O) groups excluding carboxylic acids is 2. The fourth-order valence-electron chi connectivity index (χ4n) is 5.33. The van der Waals surface area contributed by atoms with Crippen LogP contribution < -0.4 is 15.4 Å². The number of benzene rings is 4. The number of hydrogen-bond donors (Lipinski definition) is 1. The Hall–Kier alpha value is -5.27. The molecule has 0 saturated carbocycles. The minimum absolute atomic E-state index is 0.0592. The maximum Gasteiger partial charge on any atom is 0.461 e. The van der Waals surface area contributed by atoms with Gasteiger partial charge in [-0.3, -0.25) is 14.5 Å². The van der Waals surface area contributed by atoms with E-state index in [0.29, 0.717) is 12.1 Å². The van der Waals surface area contributed by atoms with Gasteiger partial charge in [0.05, 0.1) is 11.3 Å². The van der Waals surface area contributed by atoms with Crippen LogP contribution in [0, 0.1) is 11.6 Å². The molecule has 2 amide bonds. The number of ether oxygens (including phenoxy) is 1. The standard InChI is InChI=1S/C32H19F9N2O3/c1-16(17-5-3-2-4-6-17)30(20-13-21(33)15-22(14-20)46-32(40,41)29(35)36)23-9-7-18(27(42)44)12-26(23)43(30)28(45)19-8-10-25(34)24(11-19)31(37,38)39/h2-15,29H,1H2,(H2,42,44)/t30-/m0/s1. The van der Waals surface area contributed by atoms with E-state index in [0.717, 1.165) is 29.2 Å². The summed E-state index contributed by atoms with van der Waals surface area (Å²) in [5, 5.41) is 0. The van der Waals surface area contributed by atoms with Gasteiger partial charge in [-0.05, 0) is 59.2 Å². The third-order valence-electron chi connectivity index (χ3n) is 7.33. The van der Waals surface area contributed by atoms with Crippen LogP contribution in [-0.2, 0) is 11.7 Å². The molecule has 0 fully saturated rings. The molecule has 2 N–H and O–H groups in total. The van der Waals surface area contributed by atoms with E-state index in [9.17, 15) is 44.7 Å². The van der Waals surface area contributed by atoms with Crippen LogP contribution in [0.25, 0.3) is 5.57 Å². The maximum atomic E-state index is 15.1. The van der Waals surface area contributed by atoms with Crippen molar-refractivity contribution in [2.45, 2.75) is 24.2 Å². The molecular weight excluding hydrogens is 631 g/mol. The van der Waals surface area contributed by atoms with Crippen LogP contribution in [0.15, 0.2) is 91.5 Å². The Morgan fingerprint density at radius 2 is 1.48 bits per heavy atom. The lowest BCUT2D eigenvalue weighted by Crippen LogP contribution is -2.59. The summed E-state index contributed by atoms with van der Waals surface area (Å²) in [7, 11) is 0. The Morgan fingerprint density at radius 1 is 0.826 bits per heavy atom. The van der Waals surface area contributed by atoms with Gasteiger partial charge in [-0.2, -0.15) is 30.7 Å². The molecule has 0 aromatic heterocycles. The summed E-state index contributed by atoms with van der Waals surface area (Å²) >= 11 is 0. The molecule has 1 aliphatic rings. The van der Waals surface area contributed by atoms with E-state index in [1.54, 1.807) is 18.2 Å². The van der Waals surface area contributed by atoms with Crippen LogP contribution in [0.1, 0.15) is 43.0 Å². The molecule has 0 aliphatic carbocycles. The van der Waals surface area contributed by atoms with Gasteiger partial charge in [-0.1, -0.05) is 43.0 Å². The highest BCUT2D eigenvalue weighted by atomic mass is 19.4. The first-order valence-electron chi connectivity index (χ1n) is 13.0. The van der Waals surface area contributed by atoms with Gasteiger partial charge >= 0.3 is 18.7 Å². The minimum atomic E-state index is -5.22. The lowest BCUT2D eigenvalue weighted by molar-refractivity contribution is -0.253. The van der Waals surface area contributed by atoms with Crippen molar-refractivity contribution < 1.29 is 53.8 Å². The van der Waals surface area contributed by atoms with Gasteiger partial charge in [0.2, 0.25) is 5.91 Å². The smallest absolute Gasteiger partial charge is 0.428 e. The number of carbonyl (C=O) groups is 2. The lowest BCUT2D eigenvalue weighted by Gasteiger charge is -2.55. The quantitative estimate of drug-likeness (QED) is 0.197. The molecule has 238 valence electrons. The largest absolute Gasteiger partial charge is 0.461 e. The second-order valence-corrected chi connectivity index (χ2v) is 10.1. The number of alkyl halides is 7. The summed E-state index contributed by atoms with van der Waals surface area (Å²) in [6.45, 7) is 4.05. The molecule has 46 heavy (non-hydrogen) atoms. The molecule has 0 bridgehead atoms. The molecule has 0 radical (unpaired) electrons. The monoisotopic (exact) mass is 650 g/mol. The zero-order chi connectivity index (χ0) is 33.8. The maximum absolute atomic E-state index is 15.1. The van der Waals surface area contributed by atoms with Crippen molar-refractivity contribution in [3.05, 3.63) is 137 Å². The summed E-state index contributed by atoms with van der Waals surface area (Å²) in [4.78, 5) is 27.0. The van der Waals surface area contributed by atoms with E-state index in [1.807, 2.05) is 0 Å². The number of primary amides is 1. The van der Waals surface area contributed by atoms with Crippen LogP contribution in [0.2, 0.25) is 0 Å². The minimum Gasteiger partial charge on any atom is -0.428 e. The van der Waals surface area contributed by atoms with E-state index < -0.39 is 70.1 Å². The molecule has 1 atom stereocenters. The van der Waals surface area contributed by atoms with Gasteiger partial charge in [-0.15, -0.1) is 0 Å². The van der Waals surface area contributed by atoms with E-state index in [-0.39, 0.29) is 34.0 Å². The number of halogens is 9. The number of hydrogen-bond acceptors (Lipinski definition) is 3. The summed E-state index contributed by atoms with van der Waals surface area (Å²) in [5.74, 6) is -6.27. The Bertz CT molecular complexity index is 1880. The molecule has 4 aromatic rings. The fourth-order valence-corrected chi connectivity index (χ4v) is 5.33. The van der Waals surface area contributed by atoms with Crippen LogP contribution in [0.4, 0.5) is 45.2 Å². The number of nitrogens with zero attached hydrogens (tertiary/aromatic N) is 1. The van der Waals surface area contributed by atoms with E-state index in [4.69, 9.17) is 5.73 Å². The highest BCUT2D eigenvalue weighted by Crippen LogP contribution is 2.59. The molecule has 5 rings (SSSR count). The first kappa shape index (κ1) is 32.1. The number of nitrogens with two attached hydrogens (primary N) is 1. The van der Waals surface area contributed by atoms with Crippen molar-refractivity contribution in [1.29, 1.82) is 0 Å². The van der Waals surface area contributed by atoms with Gasteiger partial charge in [0, 0.05) is 22.8 Å². The molecule has 0 spiro atoms. The van der Waals surface area contributed by atoms with Crippen molar-refractivity contribution in [3.63, 3.8) is 0 Å². The van der Waals surface area contributed by atoms with Gasteiger partial charge in [0.15, 0.2) is 0 Å². The zero-order valence-corrected chi connectivity index (χ0v) is 23.0. The molecule has 1 aliphatic heterocycles. The molecular formula is C32H19F9N2O3. The first-order chi connectivity index (χ1) is 21.5. The van der Waals surface area contributed by atoms with Crippen LogP contribution >= 0.6 is 0 Å². The Balaban J connectivity index is 1.83. The van der Waals surface area contributed by atoms with Crippen LogP contribution in [0.3, 0.4) is 0 Å². The van der Waals surface area contributed by atoms with Crippen molar-refractivity contribution >= 4 is 23.1 Å². The van der Waals surface area contributed by atoms with Crippen LogP contribution in [0.5, 0.6) is 5.75 Å². The molecule has 1 heterocycles. The summed E-state index contributed by atoms with van der Waals surface area (Å²) in [6, 6.07) is 14.6. The molecule has 0 unspecified atom stereocenters. The van der Waals surface area contributed by atoms with Crippen molar-refractivity contribution in [2.75, 3.05) is 4.90 Å². The molecule has 14 heteroatoms. The number of fused-ring (bicyclic) bond motifs is 1. The zero-order valence-electron chi connectivity index (χ0n) is 23.0. The summed E-state index contributed by atoms with van der Waals surface area (Å²) < 4.78 is 128. The Kier molecular flexibility index (Phi) is 7.87. The SMILES string of the molecule is C=C(c1ccccc1)[C@]1(c2cc(F)cc(OC(F)(F)C(F)F)c2)c2ccc(C(N)=O)cc2N1C(=O)c1ccc(F)c(C(F)(F)F)c1. The topological polar surface area (TPSA) is 72.6 Å². The number of anilines is 1. The fraction of sp³-hybridized carbons (Fsp3) is 0.125. The number of rotatable bonds is 8. The second kappa shape index (κ2) is 11.3. The molecule has 4 aromatic carbocycles. The van der Waals surface area contributed by atoms with Gasteiger partial charge in [0.25, 0.3) is 5.91 Å². The van der Waals surface area contributed by atoms with Crippen molar-refractivity contribution in [3.8, 4) is 5.75 Å². The normalized spacial score (nSPS) is 16.1. The average molecular weight is 650 g/mol. The van der Waals surface area contributed by atoms with Gasteiger partial charge < -0.3 is 10.5 Å². The Morgan fingerprint density at radius 3 is 2.09 bits per heavy atom. The van der Waals surface area contributed by atoms with E-state index >= 15 is 4.39 Å². The highest BCUT2D eigenvalue weighted by molar-refractivity contribution is 6.15. The predicted molar refractivity (Wildman–Crippen MR) is 147 cm³/mol. The van der Waals surface area contributed by atoms with E-state index in [1.165, 1.54) is 24.3 Å².